The molecule has 0 saturated carbocycles. The first-order valence-electron chi connectivity index (χ1n) is 16.7. The standard InChI is InChI=1S/C42H43NO8/c1-30(2)41(46)50-28-26-48-39(44)24-14-32-10-18-36(19-11-32)43(38-22-16-35(17-23-38)34-8-6-5-7-9-34)37-20-12-33(13-21-37)15-25-40(45)49-27-29-51-42(47)31(3)4/h5-13,16-23H,1,3,14-15,24-29H2,2,4H3. The van der Waals surface area contributed by atoms with Crippen LogP contribution in [0.25, 0.3) is 11.1 Å². The molecule has 0 fully saturated rings. The second-order valence-corrected chi connectivity index (χ2v) is 11.9. The van der Waals surface area contributed by atoms with Crippen LogP contribution in [0.1, 0.15) is 37.8 Å². The van der Waals surface area contributed by atoms with Crippen molar-refractivity contribution in [3.05, 3.63) is 139 Å². The van der Waals surface area contributed by atoms with E-state index < -0.39 is 11.9 Å². The van der Waals surface area contributed by atoms with Gasteiger partial charge in [0.1, 0.15) is 26.4 Å². The predicted molar refractivity (Wildman–Crippen MR) is 197 cm³/mol. The number of nitrogens with zero attached hydrogens (tertiary/aromatic N) is 1. The number of hydrogen-bond donors (Lipinski definition) is 0. The van der Waals surface area contributed by atoms with Crippen LogP contribution in [0, 0.1) is 0 Å². The molecule has 0 N–H and O–H groups in total. The molecule has 4 rings (SSSR count). The Balaban J connectivity index is 1.41. The predicted octanol–water partition coefficient (Wildman–Crippen LogP) is 8.01. The zero-order valence-electron chi connectivity index (χ0n) is 29.1. The molecule has 0 radical (unpaired) electrons. The van der Waals surface area contributed by atoms with Gasteiger partial charge < -0.3 is 23.8 Å². The number of benzene rings is 4. The van der Waals surface area contributed by atoms with Crippen molar-refractivity contribution in [2.45, 2.75) is 39.5 Å². The molecule has 4 aromatic carbocycles. The molecule has 0 spiro atoms. The highest BCUT2D eigenvalue weighted by Gasteiger charge is 2.14. The van der Waals surface area contributed by atoms with Gasteiger partial charge in [-0.05, 0) is 85.3 Å². The van der Waals surface area contributed by atoms with Gasteiger partial charge in [-0.15, -0.1) is 0 Å². The second-order valence-electron chi connectivity index (χ2n) is 11.9. The summed E-state index contributed by atoms with van der Waals surface area (Å²) in [7, 11) is 0. The highest BCUT2D eigenvalue weighted by molar-refractivity contribution is 5.87. The maximum atomic E-state index is 12.3. The molecule has 4 aromatic rings. The van der Waals surface area contributed by atoms with Gasteiger partial charge in [-0.1, -0.05) is 79.9 Å². The molecule has 9 nitrogen and oxygen atoms in total. The van der Waals surface area contributed by atoms with Crippen LogP contribution in [0.3, 0.4) is 0 Å². The number of esters is 4. The third-order valence-corrected chi connectivity index (χ3v) is 7.71. The molecule has 0 bridgehead atoms. The third-order valence-electron chi connectivity index (χ3n) is 7.71. The van der Waals surface area contributed by atoms with E-state index in [2.05, 4.69) is 54.5 Å². The van der Waals surface area contributed by atoms with Gasteiger partial charge in [0.05, 0.1) is 0 Å². The average Bonchev–Trinajstić information content (AvgIpc) is 3.15. The van der Waals surface area contributed by atoms with Gasteiger partial charge in [0.2, 0.25) is 0 Å². The molecule has 0 atom stereocenters. The van der Waals surface area contributed by atoms with Gasteiger partial charge in [0.25, 0.3) is 0 Å². The minimum Gasteiger partial charge on any atom is -0.462 e. The number of ether oxygens (including phenoxy) is 4. The van der Waals surface area contributed by atoms with E-state index in [-0.39, 0.29) is 62.4 Å². The maximum Gasteiger partial charge on any atom is 0.333 e. The molecule has 51 heavy (non-hydrogen) atoms. The molecule has 0 aliphatic heterocycles. The zero-order valence-corrected chi connectivity index (χ0v) is 29.1. The molecule has 0 unspecified atom stereocenters. The van der Waals surface area contributed by atoms with E-state index in [1.54, 1.807) is 13.8 Å². The van der Waals surface area contributed by atoms with Crippen molar-refractivity contribution in [2.24, 2.45) is 0 Å². The van der Waals surface area contributed by atoms with Crippen LogP contribution in [-0.2, 0) is 51.0 Å². The lowest BCUT2D eigenvalue weighted by Gasteiger charge is -2.26. The second kappa shape index (κ2) is 19.3. The van der Waals surface area contributed by atoms with E-state index >= 15 is 0 Å². The molecule has 0 saturated heterocycles. The lowest BCUT2D eigenvalue weighted by Crippen LogP contribution is -2.14. The summed E-state index contributed by atoms with van der Waals surface area (Å²) >= 11 is 0. The molecule has 0 amide bonds. The Morgan fingerprint density at radius 1 is 0.490 bits per heavy atom. The van der Waals surface area contributed by atoms with E-state index in [0.29, 0.717) is 12.8 Å². The number of anilines is 3. The van der Waals surface area contributed by atoms with Crippen molar-refractivity contribution < 1.29 is 38.1 Å². The molecular weight excluding hydrogens is 646 g/mol. The maximum absolute atomic E-state index is 12.3. The monoisotopic (exact) mass is 689 g/mol. The Kier molecular flexibility index (Phi) is 14.3. The normalized spacial score (nSPS) is 10.5. The number of hydrogen-bond acceptors (Lipinski definition) is 9. The van der Waals surface area contributed by atoms with Crippen LogP contribution in [0.4, 0.5) is 17.1 Å². The first kappa shape index (κ1) is 37.9. The first-order chi connectivity index (χ1) is 24.6. The summed E-state index contributed by atoms with van der Waals surface area (Å²) in [6, 6.07) is 34.5. The summed E-state index contributed by atoms with van der Waals surface area (Å²) in [6.45, 7) is 10.1. The van der Waals surface area contributed by atoms with Crippen LogP contribution in [0.2, 0.25) is 0 Å². The number of rotatable bonds is 18. The molecule has 0 aromatic heterocycles. The summed E-state index contributed by atoms with van der Waals surface area (Å²) in [5.74, 6) is -1.77. The topological polar surface area (TPSA) is 108 Å². The van der Waals surface area contributed by atoms with E-state index in [9.17, 15) is 19.2 Å². The molecule has 0 aliphatic carbocycles. The highest BCUT2D eigenvalue weighted by atomic mass is 16.6. The van der Waals surface area contributed by atoms with Crippen LogP contribution in [-0.4, -0.2) is 50.3 Å². The molecular formula is C42H43NO8. The van der Waals surface area contributed by atoms with Crippen LogP contribution in [0.5, 0.6) is 0 Å². The molecule has 0 aliphatic rings. The molecule has 264 valence electrons. The fourth-order valence-electron chi connectivity index (χ4n) is 4.97. The van der Waals surface area contributed by atoms with Crippen molar-refractivity contribution in [3.63, 3.8) is 0 Å². The third kappa shape index (κ3) is 12.1. The summed E-state index contributed by atoms with van der Waals surface area (Å²) in [4.78, 5) is 49.6. The van der Waals surface area contributed by atoms with Crippen LogP contribution >= 0.6 is 0 Å². The van der Waals surface area contributed by atoms with E-state index in [1.165, 1.54) is 0 Å². The summed E-state index contributed by atoms with van der Waals surface area (Å²) < 4.78 is 20.3. The Morgan fingerprint density at radius 2 is 0.843 bits per heavy atom. The van der Waals surface area contributed by atoms with Crippen molar-refractivity contribution in [3.8, 4) is 11.1 Å². The summed E-state index contributed by atoms with van der Waals surface area (Å²) in [5, 5.41) is 0. The van der Waals surface area contributed by atoms with Gasteiger partial charge in [-0.25, -0.2) is 9.59 Å². The van der Waals surface area contributed by atoms with Gasteiger partial charge in [-0.3, -0.25) is 9.59 Å². The van der Waals surface area contributed by atoms with Crippen molar-refractivity contribution in [1.29, 1.82) is 0 Å². The van der Waals surface area contributed by atoms with Gasteiger partial charge in [-0.2, -0.15) is 0 Å². The van der Waals surface area contributed by atoms with Crippen LogP contribution < -0.4 is 4.90 Å². The Bertz CT molecular complexity index is 1700. The van der Waals surface area contributed by atoms with Crippen LogP contribution in [0.15, 0.2) is 127 Å². The Labute approximate surface area is 299 Å². The lowest BCUT2D eigenvalue weighted by molar-refractivity contribution is -0.150. The van der Waals surface area contributed by atoms with Gasteiger partial charge in [0, 0.05) is 41.1 Å². The largest absolute Gasteiger partial charge is 0.462 e. The SMILES string of the molecule is C=C(C)C(=O)OCCOC(=O)CCc1ccc(N(c2ccc(CCC(=O)OCCOC(=O)C(=C)C)cc2)c2ccc(-c3ccccc3)cc2)cc1. The fourth-order valence-corrected chi connectivity index (χ4v) is 4.97. The lowest BCUT2D eigenvalue weighted by atomic mass is 10.0. The number of carbonyl (C=O) groups is 4. The number of aryl methyl sites for hydroxylation is 2. The molecule has 0 heterocycles. The summed E-state index contributed by atoms with van der Waals surface area (Å²) in [5.41, 5.74) is 7.57. The first-order valence-corrected chi connectivity index (χ1v) is 16.7. The van der Waals surface area contributed by atoms with Gasteiger partial charge in [0.15, 0.2) is 0 Å². The highest BCUT2D eigenvalue weighted by Crippen LogP contribution is 2.36. The fraction of sp³-hybridized carbons (Fsp3) is 0.238. The van der Waals surface area contributed by atoms with Crippen molar-refractivity contribution >= 4 is 40.9 Å². The minimum atomic E-state index is -0.515. The minimum absolute atomic E-state index is 0.00747. The van der Waals surface area contributed by atoms with E-state index in [4.69, 9.17) is 18.9 Å². The smallest absolute Gasteiger partial charge is 0.333 e. The van der Waals surface area contributed by atoms with Crippen molar-refractivity contribution in [1.82, 2.24) is 0 Å². The van der Waals surface area contributed by atoms with Crippen molar-refractivity contribution in [2.75, 3.05) is 31.3 Å². The molecule has 9 heteroatoms. The zero-order chi connectivity index (χ0) is 36.6. The Morgan fingerprint density at radius 3 is 1.24 bits per heavy atom. The Hall–Kier alpha value is -5.96. The average molecular weight is 690 g/mol. The number of carbonyl (C=O) groups excluding carboxylic acids is 4. The summed E-state index contributed by atoms with van der Waals surface area (Å²) in [6.07, 6.45) is 1.37. The van der Waals surface area contributed by atoms with E-state index in [0.717, 1.165) is 39.3 Å². The quantitative estimate of drug-likeness (QED) is 0.0444. The van der Waals surface area contributed by atoms with Gasteiger partial charge >= 0.3 is 23.9 Å². The van der Waals surface area contributed by atoms with E-state index in [1.807, 2.05) is 66.7 Å².